The summed E-state index contributed by atoms with van der Waals surface area (Å²) in [5, 5.41) is 13.4. The van der Waals surface area contributed by atoms with Crippen LogP contribution in [0.5, 0.6) is 5.75 Å². The van der Waals surface area contributed by atoms with Crippen LogP contribution in [0, 0.1) is 10.1 Å². The molecule has 0 spiro atoms. The molecule has 1 rings (SSSR count). The smallest absolute Gasteiger partial charge is 0.405 e. The number of non-ortho nitro benzene ring substituents is 1. The normalized spacial score (nSPS) is 10.8. The topological polar surface area (TPSA) is 111 Å². The fourth-order valence-electron chi connectivity index (χ4n) is 1.25. The Morgan fingerprint density at radius 2 is 2.00 bits per heavy atom. The third-order valence-corrected chi connectivity index (χ3v) is 2.48. The SMILES string of the molecule is O=C(COc1ccc([N+](=O)[O-])cc1Cl)NC(=O)NCC(F)(F)F. The van der Waals surface area contributed by atoms with Crippen molar-refractivity contribution in [2.45, 2.75) is 6.18 Å². The van der Waals surface area contributed by atoms with Crippen LogP contribution in [0.2, 0.25) is 5.02 Å². The van der Waals surface area contributed by atoms with Gasteiger partial charge in [-0.3, -0.25) is 20.2 Å². The molecule has 0 aromatic heterocycles. The van der Waals surface area contributed by atoms with E-state index < -0.39 is 36.2 Å². The first kappa shape index (κ1) is 18.5. The Morgan fingerprint density at radius 3 is 2.52 bits per heavy atom. The van der Waals surface area contributed by atoms with E-state index in [0.717, 1.165) is 18.2 Å². The van der Waals surface area contributed by atoms with Gasteiger partial charge in [-0.2, -0.15) is 13.2 Å². The van der Waals surface area contributed by atoms with Crippen molar-refractivity contribution in [2.75, 3.05) is 13.2 Å². The summed E-state index contributed by atoms with van der Waals surface area (Å²) in [5.41, 5.74) is -0.293. The maximum Gasteiger partial charge on any atom is 0.405 e. The fraction of sp³-hybridized carbons (Fsp3) is 0.273. The van der Waals surface area contributed by atoms with Gasteiger partial charge in [-0.05, 0) is 6.07 Å². The van der Waals surface area contributed by atoms with Crippen LogP contribution in [0.3, 0.4) is 0 Å². The Kier molecular flexibility index (Phi) is 6.13. The second-order valence-corrected chi connectivity index (χ2v) is 4.41. The highest BCUT2D eigenvalue weighted by Crippen LogP contribution is 2.28. The van der Waals surface area contributed by atoms with Gasteiger partial charge in [0.05, 0.1) is 9.95 Å². The Balaban J connectivity index is 2.47. The Hall–Kier alpha value is -2.56. The summed E-state index contributed by atoms with van der Waals surface area (Å²) in [4.78, 5) is 32.1. The van der Waals surface area contributed by atoms with Crippen molar-refractivity contribution in [3.63, 3.8) is 0 Å². The number of amides is 3. The molecule has 0 radical (unpaired) electrons. The summed E-state index contributed by atoms with van der Waals surface area (Å²) in [6, 6.07) is 1.86. The van der Waals surface area contributed by atoms with E-state index in [9.17, 15) is 32.9 Å². The highest BCUT2D eigenvalue weighted by Gasteiger charge is 2.28. The number of carbonyl (C=O) groups is 2. The predicted molar refractivity (Wildman–Crippen MR) is 71.2 cm³/mol. The number of alkyl halides is 3. The zero-order valence-corrected chi connectivity index (χ0v) is 11.9. The van der Waals surface area contributed by atoms with Gasteiger partial charge in [0.15, 0.2) is 6.61 Å². The van der Waals surface area contributed by atoms with Crippen LogP contribution in [0.15, 0.2) is 18.2 Å². The lowest BCUT2D eigenvalue weighted by atomic mass is 10.3. The minimum absolute atomic E-state index is 0.0666. The van der Waals surface area contributed by atoms with E-state index in [-0.39, 0.29) is 16.5 Å². The second kappa shape index (κ2) is 7.63. The molecule has 3 amide bonds. The molecule has 0 saturated carbocycles. The van der Waals surface area contributed by atoms with Gasteiger partial charge in [0.1, 0.15) is 12.3 Å². The summed E-state index contributed by atoms with van der Waals surface area (Å²) in [7, 11) is 0. The van der Waals surface area contributed by atoms with Crippen molar-refractivity contribution >= 4 is 29.2 Å². The number of nitrogens with one attached hydrogen (secondary N) is 2. The first-order chi connectivity index (χ1) is 10.6. The van der Waals surface area contributed by atoms with E-state index in [1.807, 2.05) is 0 Å². The van der Waals surface area contributed by atoms with Crippen LogP contribution < -0.4 is 15.4 Å². The summed E-state index contributed by atoms with van der Waals surface area (Å²) < 4.78 is 40.4. The van der Waals surface area contributed by atoms with Crippen molar-refractivity contribution in [1.82, 2.24) is 10.6 Å². The minimum Gasteiger partial charge on any atom is -0.482 e. The summed E-state index contributed by atoms with van der Waals surface area (Å²) in [6.45, 7) is -2.32. The van der Waals surface area contributed by atoms with Gasteiger partial charge in [0.2, 0.25) is 0 Å². The molecule has 0 saturated heterocycles. The number of nitrogens with zero attached hydrogens (tertiary/aromatic N) is 1. The van der Waals surface area contributed by atoms with E-state index >= 15 is 0 Å². The zero-order valence-electron chi connectivity index (χ0n) is 11.1. The predicted octanol–water partition coefficient (Wildman–Crippen LogP) is 2.02. The average Bonchev–Trinajstić information content (AvgIpc) is 2.43. The summed E-state index contributed by atoms with van der Waals surface area (Å²) >= 11 is 5.70. The first-order valence-corrected chi connectivity index (χ1v) is 6.17. The van der Waals surface area contributed by atoms with Crippen molar-refractivity contribution in [1.29, 1.82) is 0 Å². The Labute approximate surface area is 131 Å². The molecule has 1 aromatic rings. The largest absolute Gasteiger partial charge is 0.482 e. The van der Waals surface area contributed by atoms with Gasteiger partial charge in [-0.1, -0.05) is 11.6 Å². The number of hydrogen-bond acceptors (Lipinski definition) is 5. The fourth-order valence-corrected chi connectivity index (χ4v) is 1.48. The van der Waals surface area contributed by atoms with Gasteiger partial charge in [0.25, 0.3) is 11.6 Å². The number of hydrogen-bond donors (Lipinski definition) is 2. The number of halogens is 4. The Bertz CT molecular complexity index is 623. The molecule has 0 aliphatic heterocycles. The molecular formula is C11H9ClF3N3O5. The van der Waals surface area contributed by atoms with Crippen LogP contribution >= 0.6 is 11.6 Å². The van der Waals surface area contributed by atoms with E-state index in [4.69, 9.17) is 16.3 Å². The molecule has 0 atom stereocenters. The van der Waals surface area contributed by atoms with Crippen LogP contribution in [-0.2, 0) is 4.79 Å². The molecule has 0 heterocycles. The lowest BCUT2D eigenvalue weighted by Crippen LogP contribution is -2.44. The van der Waals surface area contributed by atoms with Crippen LogP contribution in [-0.4, -0.2) is 36.2 Å². The van der Waals surface area contributed by atoms with E-state index in [0.29, 0.717) is 0 Å². The lowest BCUT2D eigenvalue weighted by molar-refractivity contribution is -0.384. The molecule has 2 N–H and O–H groups in total. The highest BCUT2D eigenvalue weighted by molar-refractivity contribution is 6.32. The number of nitro groups is 1. The van der Waals surface area contributed by atoms with Crippen molar-refractivity contribution in [2.24, 2.45) is 0 Å². The number of imide groups is 1. The van der Waals surface area contributed by atoms with Crippen LogP contribution in [0.25, 0.3) is 0 Å². The Morgan fingerprint density at radius 1 is 1.35 bits per heavy atom. The molecule has 0 fully saturated rings. The lowest BCUT2D eigenvalue weighted by Gasteiger charge is -2.10. The molecule has 0 aliphatic rings. The standard InChI is InChI=1S/C11H9ClF3N3O5/c12-7-3-6(18(21)22)1-2-8(7)23-4-9(19)17-10(20)16-5-11(13,14)15/h1-3H,4-5H2,(H2,16,17,19,20). The molecule has 1 aromatic carbocycles. The molecular weight excluding hydrogens is 347 g/mol. The second-order valence-electron chi connectivity index (χ2n) is 4.01. The molecule has 23 heavy (non-hydrogen) atoms. The minimum atomic E-state index is -4.61. The molecule has 126 valence electrons. The van der Waals surface area contributed by atoms with Crippen molar-refractivity contribution < 1.29 is 32.4 Å². The summed E-state index contributed by atoms with van der Waals surface area (Å²) in [5.74, 6) is -1.10. The van der Waals surface area contributed by atoms with Crippen molar-refractivity contribution in [3.05, 3.63) is 33.3 Å². The van der Waals surface area contributed by atoms with E-state index in [2.05, 4.69) is 0 Å². The molecule has 12 heteroatoms. The maximum atomic E-state index is 11.8. The monoisotopic (exact) mass is 355 g/mol. The number of benzene rings is 1. The van der Waals surface area contributed by atoms with Gasteiger partial charge in [-0.15, -0.1) is 0 Å². The van der Waals surface area contributed by atoms with Gasteiger partial charge in [-0.25, -0.2) is 4.79 Å². The first-order valence-electron chi connectivity index (χ1n) is 5.79. The van der Waals surface area contributed by atoms with Crippen LogP contribution in [0.4, 0.5) is 23.7 Å². The van der Waals surface area contributed by atoms with E-state index in [1.54, 1.807) is 5.32 Å². The van der Waals surface area contributed by atoms with Gasteiger partial charge >= 0.3 is 12.2 Å². The van der Waals surface area contributed by atoms with Crippen molar-refractivity contribution in [3.8, 4) is 5.75 Å². The third kappa shape index (κ3) is 6.82. The molecule has 0 unspecified atom stereocenters. The highest BCUT2D eigenvalue weighted by atomic mass is 35.5. The quantitative estimate of drug-likeness (QED) is 0.620. The molecule has 0 aliphatic carbocycles. The molecule has 0 bridgehead atoms. The van der Waals surface area contributed by atoms with Gasteiger partial charge < -0.3 is 10.1 Å². The zero-order chi connectivity index (χ0) is 17.6. The average molecular weight is 356 g/mol. The number of ether oxygens (including phenoxy) is 1. The molecule has 8 nitrogen and oxygen atoms in total. The van der Waals surface area contributed by atoms with Crippen LogP contribution in [0.1, 0.15) is 0 Å². The maximum absolute atomic E-state index is 11.8. The number of rotatable bonds is 5. The number of nitro benzene ring substituents is 1. The van der Waals surface area contributed by atoms with Gasteiger partial charge in [0, 0.05) is 12.1 Å². The number of urea groups is 1. The van der Waals surface area contributed by atoms with E-state index in [1.165, 1.54) is 5.32 Å². The third-order valence-electron chi connectivity index (χ3n) is 2.19. The number of carbonyl (C=O) groups excluding carboxylic acids is 2. The summed E-state index contributed by atoms with van der Waals surface area (Å²) in [6.07, 6.45) is -4.61.